The van der Waals surface area contributed by atoms with Gasteiger partial charge in [0.2, 0.25) is 0 Å². The summed E-state index contributed by atoms with van der Waals surface area (Å²) >= 11 is 0. The molecule has 0 aromatic rings. The van der Waals surface area contributed by atoms with Crippen molar-refractivity contribution in [2.45, 2.75) is 39.3 Å². The molecule has 1 N–H and O–H groups in total. The van der Waals surface area contributed by atoms with Crippen LogP contribution in [0, 0.1) is 0 Å². The Hall–Kier alpha value is -0.0800. The van der Waals surface area contributed by atoms with Crippen molar-refractivity contribution in [3.8, 4) is 0 Å². The summed E-state index contributed by atoms with van der Waals surface area (Å²) in [4.78, 5) is 1.95. The first-order valence-corrected chi connectivity index (χ1v) is 4.10. The highest BCUT2D eigenvalue weighted by Gasteiger charge is 2.06. The Morgan fingerprint density at radius 3 is 2.40 bits per heavy atom. The molecule has 0 aliphatic carbocycles. The van der Waals surface area contributed by atoms with Gasteiger partial charge in [-0.15, -0.1) is 0 Å². The van der Waals surface area contributed by atoms with Crippen LogP contribution in [-0.4, -0.2) is 29.8 Å². The molecule has 0 fully saturated rings. The minimum absolute atomic E-state index is 0.232. The molecule has 0 aliphatic heterocycles. The highest BCUT2D eigenvalue weighted by Crippen LogP contribution is 2.02. The van der Waals surface area contributed by atoms with Gasteiger partial charge < -0.3 is 5.11 Å². The van der Waals surface area contributed by atoms with Crippen molar-refractivity contribution in [3.05, 3.63) is 0 Å². The zero-order valence-corrected chi connectivity index (χ0v) is 7.30. The van der Waals surface area contributed by atoms with Gasteiger partial charge in [0.05, 0.1) is 0 Å². The molecule has 0 rings (SSSR count). The number of aliphatic hydroxyl groups excluding tert-OH is 1. The Balaban J connectivity index is 3.31. The number of nitrogens with zero attached hydrogens (tertiary/aromatic N) is 1. The maximum atomic E-state index is 9.37. The van der Waals surface area contributed by atoms with Crippen LogP contribution in [-0.2, 0) is 0 Å². The SMILES string of the molecule is CCCCC(O)N(C)CC. The molecule has 1 unspecified atom stereocenters. The van der Waals surface area contributed by atoms with E-state index in [-0.39, 0.29) is 6.23 Å². The maximum Gasteiger partial charge on any atom is 0.107 e. The van der Waals surface area contributed by atoms with Crippen LogP contribution in [0.4, 0.5) is 0 Å². The zero-order valence-electron chi connectivity index (χ0n) is 7.30. The van der Waals surface area contributed by atoms with E-state index in [4.69, 9.17) is 0 Å². The Morgan fingerprint density at radius 1 is 1.40 bits per heavy atom. The molecular formula is C8H19NO. The van der Waals surface area contributed by atoms with Gasteiger partial charge in [0.25, 0.3) is 0 Å². The summed E-state index contributed by atoms with van der Waals surface area (Å²) < 4.78 is 0. The third-order valence-electron chi connectivity index (χ3n) is 1.82. The molecule has 0 radical (unpaired) electrons. The first-order chi connectivity index (χ1) is 4.72. The highest BCUT2D eigenvalue weighted by molar-refractivity contribution is 4.53. The summed E-state index contributed by atoms with van der Waals surface area (Å²) in [5.74, 6) is 0. The lowest BCUT2D eigenvalue weighted by Gasteiger charge is -2.20. The van der Waals surface area contributed by atoms with Crippen molar-refractivity contribution >= 4 is 0 Å². The summed E-state index contributed by atoms with van der Waals surface area (Å²) in [7, 11) is 1.94. The van der Waals surface area contributed by atoms with Gasteiger partial charge in [-0.05, 0) is 26.4 Å². The van der Waals surface area contributed by atoms with Crippen molar-refractivity contribution in [1.29, 1.82) is 0 Å². The second-order valence-corrected chi connectivity index (χ2v) is 2.70. The molecule has 0 saturated heterocycles. The zero-order chi connectivity index (χ0) is 7.98. The standard InChI is InChI=1S/C8H19NO/c1-4-6-7-8(10)9(3)5-2/h8,10H,4-7H2,1-3H3. The van der Waals surface area contributed by atoms with E-state index >= 15 is 0 Å². The molecule has 0 saturated carbocycles. The van der Waals surface area contributed by atoms with Crippen molar-refractivity contribution in [1.82, 2.24) is 4.90 Å². The largest absolute Gasteiger partial charge is 0.378 e. The second kappa shape index (κ2) is 5.69. The number of rotatable bonds is 5. The molecule has 0 amide bonds. The van der Waals surface area contributed by atoms with Crippen molar-refractivity contribution in [3.63, 3.8) is 0 Å². The van der Waals surface area contributed by atoms with Crippen LogP contribution in [0.2, 0.25) is 0 Å². The number of hydrogen-bond acceptors (Lipinski definition) is 2. The predicted molar refractivity (Wildman–Crippen MR) is 43.8 cm³/mol. The Kier molecular flexibility index (Phi) is 5.64. The lowest BCUT2D eigenvalue weighted by Crippen LogP contribution is -2.30. The third-order valence-corrected chi connectivity index (χ3v) is 1.82. The van der Waals surface area contributed by atoms with Crippen LogP contribution >= 0.6 is 0 Å². The normalized spacial score (nSPS) is 14.1. The molecule has 2 heteroatoms. The van der Waals surface area contributed by atoms with E-state index in [9.17, 15) is 5.11 Å². The minimum atomic E-state index is -0.232. The highest BCUT2D eigenvalue weighted by atomic mass is 16.3. The summed E-state index contributed by atoms with van der Waals surface area (Å²) in [6, 6.07) is 0. The summed E-state index contributed by atoms with van der Waals surface area (Å²) in [5.41, 5.74) is 0. The van der Waals surface area contributed by atoms with Crippen LogP contribution < -0.4 is 0 Å². The number of aliphatic hydroxyl groups is 1. The van der Waals surface area contributed by atoms with Crippen molar-refractivity contribution in [2.24, 2.45) is 0 Å². The monoisotopic (exact) mass is 145 g/mol. The Morgan fingerprint density at radius 2 is 2.00 bits per heavy atom. The van der Waals surface area contributed by atoms with Crippen molar-refractivity contribution in [2.75, 3.05) is 13.6 Å². The molecule has 1 atom stereocenters. The Labute approximate surface area is 63.8 Å². The average Bonchev–Trinajstić information content (AvgIpc) is 1.98. The van der Waals surface area contributed by atoms with E-state index in [1.165, 1.54) is 0 Å². The van der Waals surface area contributed by atoms with E-state index in [2.05, 4.69) is 13.8 Å². The van der Waals surface area contributed by atoms with Crippen LogP contribution in [0.5, 0.6) is 0 Å². The summed E-state index contributed by atoms with van der Waals surface area (Å²) in [6.07, 6.45) is 2.95. The number of hydrogen-bond donors (Lipinski definition) is 1. The third kappa shape index (κ3) is 3.85. The van der Waals surface area contributed by atoms with E-state index in [1.807, 2.05) is 11.9 Å². The van der Waals surface area contributed by atoms with Crippen LogP contribution in [0.3, 0.4) is 0 Å². The van der Waals surface area contributed by atoms with Crippen molar-refractivity contribution < 1.29 is 5.11 Å². The fourth-order valence-corrected chi connectivity index (χ4v) is 0.818. The molecule has 0 aromatic heterocycles. The van der Waals surface area contributed by atoms with Crippen LogP contribution in [0.1, 0.15) is 33.1 Å². The molecule has 10 heavy (non-hydrogen) atoms. The molecule has 0 aliphatic rings. The lowest BCUT2D eigenvalue weighted by atomic mass is 10.2. The topological polar surface area (TPSA) is 23.5 Å². The average molecular weight is 145 g/mol. The van der Waals surface area contributed by atoms with E-state index in [0.717, 1.165) is 25.8 Å². The minimum Gasteiger partial charge on any atom is -0.378 e. The molecular weight excluding hydrogens is 126 g/mol. The second-order valence-electron chi connectivity index (χ2n) is 2.70. The summed E-state index contributed by atoms with van der Waals surface area (Å²) in [6.45, 7) is 5.11. The van der Waals surface area contributed by atoms with Crippen LogP contribution in [0.25, 0.3) is 0 Å². The lowest BCUT2D eigenvalue weighted by molar-refractivity contribution is 0.0177. The van der Waals surface area contributed by atoms with E-state index in [0.29, 0.717) is 0 Å². The summed E-state index contributed by atoms with van der Waals surface area (Å²) in [5, 5.41) is 9.37. The van der Waals surface area contributed by atoms with Crippen LogP contribution in [0.15, 0.2) is 0 Å². The number of unbranched alkanes of at least 4 members (excludes halogenated alkanes) is 1. The first kappa shape index (κ1) is 9.92. The van der Waals surface area contributed by atoms with E-state index in [1.54, 1.807) is 0 Å². The molecule has 0 bridgehead atoms. The fraction of sp³-hybridized carbons (Fsp3) is 1.00. The molecule has 0 heterocycles. The Bertz CT molecular complexity index is 75.7. The quantitative estimate of drug-likeness (QED) is 0.592. The predicted octanol–water partition coefficient (Wildman–Crippen LogP) is 1.45. The molecule has 2 nitrogen and oxygen atoms in total. The molecule has 62 valence electrons. The van der Waals surface area contributed by atoms with Gasteiger partial charge in [0, 0.05) is 0 Å². The fourth-order valence-electron chi connectivity index (χ4n) is 0.818. The van der Waals surface area contributed by atoms with Gasteiger partial charge in [0.15, 0.2) is 0 Å². The van der Waals surface area contributed by atoms with E-state index < -0.39 is 0 Å². The maximum absolute atomic E-state index is 9.37. The van der Waals surface area contributed by atoms with Gasteiger partial charge in [0.1, 0.15) is 6.23 Å². The van der Waals surface area contributed by atoms with Gasteiger partial charge in [-0.2, -0.15) is 0 Å². The van der Waals surface area contributed by atoms with Gasteiger partial charge in [-0.1, -0.05) is 20.3 Å². The van der Waals surface area contributed by atoms with Gasteiger partial charge in [-0.25, -0.2) is 0 Å². The molecule has 0 spiro atoms. The first-order valence-electron chi connectivity index (χ1n) is 4.10. The smallest absolute Gasteiger partial charge is 0.107 e. The van der Waals surface area contributed by atoms with Gasteiger partial charge >= 0.3 is 0 Å². The molecule has 0 aromatic carbocycles. The van der Waals surface area contributed by atoms with Gasteiger partial charge in [-0.3, -0.25) is 4.90 Å².